The van der Waals surface area contributed by atoms with Crippen molar-refractivity contribution in [1.82, 2.24) is 24.3 Å². The van der Waals surface area contributed by atoms with Gasteiger partial charge in [-0.1, -0.05) is 17.3 Å². The van der Waals surface area contributed by atoms with Gasteiger partial charge in [-0.25, -0.2) is 13.4 Å². The summed E-state index contributed by atoms with van der Waals surface area (Å²) in [6, 6.07) is 9.34. The Morgan fingerprint density at radius 2 is 1.64 bits per heavy atom. The summed E-state index contributed by atoms with van der Waals surface area (Å²) in [4.78, 5) is 16.1. The molecule has 10 nitrogen and oxygen atoms in total. The molecular weight excluding hydrogens is 442 g/mol. The number of sulfonamides is 1. The van der Waals surface area contributed by atoms with Crippen molar-refractivity contribution in [3.8, 4) is 0 Å². The first-order valence-electron chi connectivity index (χ1n) is 11.2. The molecule has 2 aliphatic heterocycles. The van der Waals surface area contributed by atoms with Crippen LogP contribution in [-0.2, 0) is 15.8 Å². The fourth-order valence-corrected chi connectivity index (χ4v) is 5.80. The summed E-state index contributed by atoms with van der Waals surface area (Å²) in [5, 5.41) is 4.73. The maximum absolute atomic E-state index is 13.1. The Morgan fingerprint density at radius 3 is 2.39 bits per heavy atom. The molecule has 0 bridgehead atoms. The van der Waals surface area contributed by atoms with E-state index >= 15 is 0 Å². The van der Waals surface area contributed by atoms with Crippen LogP contribution in [0.4, 0.5) is 11.8 Å². The number of aromatic nitrogens is 3. The minimum Gasteiger partial charge on any atom is -0.356 e. The molecule has 2 saturated heterocycles. The first-order chi connectivity index (χ1) is 15.9. The van der Waals surface area contributed by atoms with Gasteiger partial charge in [0.15, 0.2) is 5.58 Å². The van der Waals surface area contributed by atoms with Crippen molar-refractivity contribution in [1.29, 1.82) is 0 Å². The molecule has 2 fully saturated rings. The number of likely N-dealkylation sites (N-methyl/N-ethyl adjacent to an activating group) is 1. The summed E-state index contributed by atoms with van der Waals surface area (Å²) < 4.78 is 32.9. The normalized spacial score (nSPS) is 18.8. The molecule has 0 aliphatic carbocycles. The average molecular weight is 472 g/mol. The van der Waals surface area contributed by atoms with E-state index in [2.05, 4.69) is 31.9 Å². The Hall–Kier alpha value is -2.76. The predicted molar refractivity (Wildman–Crippen MR) is 127 cm³/mol. The Bertz CT molecular complexity index is 1230. The van der Waals surface area contributed by atoms with E-state index in [9.17, 15) is 8.42 Å². The molecule has 0 amide bonds. The number of fused-ring (bicyclic) bond motifs is 1. The second-order valence-electron chi connectivity index (χ2n) is 8.73. The van der Waals surface area contributed by atoms with Gasteiger partial charge in [-0.2, -0.15) is 9.29 Å². The highest BCUT2D eigenvalue weighted by molar-refractivity contribution is 7.88. The summed E-state index contributed by atoms with van der Waals surface area (Å²) in [6.07, 6.45) is 0. The monoisotopic (exact) mass is 471 g/mol. The largest absolute Gasteiger partial charge is 0.356 e. The van der Waals surface area contributed by atoms with Crippen LogP contribution in [0, 0.1) is 6.92 Å². The first-order valence-corrected chi connectivity index (χ1v) is 12.9. The van der Waals surface area contributed by atoms with Crippen molar-refractivity contribution in [2.24, 2.45) is 0 Å². The smallest absolute Gasteiger partial charge is 0.227 e. The molecular formula is C22H29N7O3S. The number of benzene rings is 1. The van der Waals surface area contributed by atoms with Crippen LogP contribution in [0.1, 0.15) is 11.4 Å². The summed E-state index contributed by atoms with van der Waals surface area (Å²) >= 11 is 0. The maximum Gasteiger partial charge on any atom is 0.227 e. The first kappa shape index (κ1) is 22.1. The molecule has 5 rings (SSSR count). The van der Waals surface area contributed by atoms with Gasteiger partial charge in [-0.3, -0.25) is 0 Å². The third-order valence-corrected chi connectivity index (χ3v) is 8.13. The van der Waals surface area contributed by atoms with Crippen molar-refractivity contribution < 1.29 is 12.9 Å². The van der Waals surface area contributed by atoms with Crippen molar-refractivity contribution in [3.05, 3.63) is 41.7 Å². The van der Waals surface area contributed by atoms with Crippen LogP contribution in [0.5, 0.6) is 0 Å². The van der Waals surface area contributed by atoms with Gasteiger partial charge in [0.25, 0.3) is 0 Å². The number of para-hydroxylation sites is 1. The number of piperazine rings is 2. The van der Waals surface area contributed by atoms with E-state index in [-0.39, 0.29) is 5.75 Å². The zero-order valence-corrected chi connectivity index (χ0v) is 19.8. The Balaban J connectivity index is 1.26. The van der Waals surface area contributed by atoms with E-state index in [0.717, 1.165) is 43.1 Å². The highest BCUT2D eigenvalue weighted by atomic mass is 32.2. The average Bonchev–Trinajstić information content (AvgIpc) is 3.21. The van der Waals surface area contributed by atoms with Gasteiger partial charge in [0.05, 0.1) is 0 Å². The lowest BCUT2D eigenvalue weighted by Crippen LogP contribution is -2.49. The third-order valence-electron chi connectivity index (χ3n) is 6.34. The second kappa shape index (κ2) is 8.88. The zero-order chi connectivity index (χ0) is 23.0. The molecule has 33 heavy (non-hydrogen) atoms. The predicted octanol–water partition coefficient (Wildman–Crippen LogP) is 1.33. The van der Waals surface area contributed by atoms with Gasteiger partial charge in [-0.15, -0.1) is 0 Å². The fraction of sp³-hybridized carbons (Fsp3) is 0.500. The lowest BCUT2D eigenvalue weighted by Gasteiger charge is -2.36. The van der Waals surface area contributed by atoms with Crippen LogP contribution < -0.4 is 9.80 Å². The molecule has 3 aromatic rings. The van der Waals surface area contributed by atoms with Crippen LogP contribution in [0.25, 0.3) is 11.0 Å². The number of hydrogen-bond acceptors (Lipinski definition) is 9. The molecule has 2 aromatic heterocycles. The maximum atomic E-state index is 13.1. The summed E-state index contributed by atoms with van der Waals surface area (Å²) in [5.41, 5.74) is 1.97. The number of rotatable bonds is 5. The van der Waals surface area contributed by atoms with Gasteiger partial charge in [0.1, 0.15) is 17.3 Å². The van der Waals surface area contributed by atoms with E-state index in [1.807, 2.05) is 31.2 Å². The van der Waals surface area contributed by atoms with Gasteiger partial charge >= 0.3 is 0 Å². The van der Waals surface area contributed by atoms with E-state index < -0.39 is 10.0 Å². The summed E-state index contributed by atoms with van der Waals surface area (Å²) in [5.74, 6) is 1.44. The Kier molecular flexibility index (Phi) is 5.94. The zero-order valence-electron chi connectivity index (χ0n) is 19.0. The molecule has 0 radical (unpaired) electrons. The van der Waals surface area contributed by atoms with Crippen LogP contribution >= 0.6 is 0 Å². The van der Waals surface area contributed by atoms with Crippen molar-refractivity contribution in [2.45, 2.75) is 12.7 Å². The molecule has 0 atom stereocenters. The van der Waals surface area contributed by atoms with E-state index in [0.29, 0.717) is 43.4 Å². The van der Waals surface area contributed by atoms with E-state index in [1.165, 1.54) is 4.31 Å². The Labute approximate surface area is 193 Å². The van der Waals surface area contributed by atoms with Crippen LogP contribution in [-0.4, -0.2) is 92.2 Å². The molecule has 176 valence electrons. The highest BCUT2D eigenvalue weighted by Gasteiger charge is 2.30. The second-order valence-corrected chi connectivity index (χ2v) is 10.7. The Morgan fingerprint density at radius 1 is 0.939 bits per heavy atom. The van der Waals surface area contributed by atoms with Crippen molar-refractivity contribution in [2.75, 3.05) is 69.2 Å². The van der Waals surface area contributed by atoms with Crippen LogP contribution in [0.15, 0.2) is 34.9 Å². The molecule has 0 spiro atoms. The summed E-state index contributed by atoms with van der Waals surface area (Å²) in [7, 11) is -1.38. The third kappa shape index (κ3) is 4.66. The molecule has 0 N–H and O–H groups in total. The van der Waals surface area contributed by atoms with Crippen molar-refractivity contribution >= 4 is 32.8 Å². The molecule has 11 heteroatoms. The molecule has 1 aromatic carbocycles. The minimum atomic E-state index is -3.51. The van der Waals surface area contributed by atoms with Gasteiger partial charge < -0.3 is 19.2 Å². The van der Waals surface area contributed by atoms with Crippen molar-refractivity contribution in [3.63, 3.8) is 0 Å². The van der Waals surface area contributed by atoms with Gasteiger partial charge in [0.2, 0.25) is 16.0 Å². The number of anilines is 2. The number of hydrogen-bond donors (Lipinski definition) is 0. The fourth-order valence-electron chi connectivity index (χ4n) is 4.35. The van der Waals surface area contributed by atoms with Crippen LogP contribution in [0.3, 0.4) is 0 Å². The number of aryl methyl sites for hydroxylation is 1. The minimum absolute atomic E-state index is 0.168. The van der Waals surface area contributed by atoms with E-state index in [1.54, 1.807) is 6.07 Å². The molecule has 0 unspecified atom stereocenters. The number of nitrogens with zero attached hydrogens (tertiary/aromatic N) is 7. The van der Waals surface area contributed by atoms with E-state index in [4.69, 9.17) is 9.51 Å². The van der Waals surface area contributed by atoms with Crippen LogP contribution in [0.2, 0.25) is 0 Å². The lowest BCUT2D eigenvalue weighted by atomic mass is 10.2. The topological polar surface area (TPSA) is 98.9 Å². The molecule has 4 heterocycles. The summed E-state index contributed by atoms with van der Waals surface area (Å²) in [6.45, 7) is 7.75. The molecule has 0 saturated carbocycles. The van der Waals surface area contributed by atoms with Gasteiger partial charge in [0, 0.05) is 69.5 Å². The standard InChI is InChI=1S/C22H29N7O3S/c1-17-15-21(27-9-7-26(2)8-10-27)24-22(23-17)28-11-13-29(14-12-28)33(30,31)16-19-18-5-3-4-6-20(18)32-25-19/h3-6,15H,7-14,16H2,1-2H3. The SMILES string of the molecule is Cc1cc(N2CCN(C)CC2)nc(N2CCN(S(=O)(=O)Cc3noc4ccccc34)CC2)n1. The van der Waals surface area contributed by atoms with Gasteiger partial charge in [-0.05, 0) is 26.1 Å². The molecule has 2 aliphatic rings. The highest BCUT2D eigenvalue weighted by Crippen LogP contribution is 2.23. The lowest BCUT2D eigenvalue weighted by molar-refractivity contribution is 0.312. The quantitative estimate of drug-likeness (QED) is 0.546.